The van der Waals surface area contributed by atoms with Crippen molar-refractivity contribution in [2.24, 2.45) is 0 Å². The molecule has 0 aliphatic heterocycles. The molecule has 5 nitrogen and oxygen atoms in total. The predicted octanol–water partition coefficient (Wildman–Crippen LogP) is 1.89. The van der Waals surface area contributed by atoms with Gasteiger partial charge in [-0.1, -0.05) is 0 Å². The molecule has 0 saturated carbocycles. The maximum Gasteiger partial charge on any atom is 0.179 e. The molecule has 0 spiro atoms. The lowest BCUT2D eigenvalue weighted by Gasteiger charge is -2.19. The maximum atomic E-state index is 11.7. The van der Waals surface area contributed by atoms with Gasteiger partial charge < -0.3 is 4.90 Å². The van der Waals surface area contributed by atoms with Crippen LogP contribution in [-0.4, -0.2) is 31.7 Å². The normalized spacial score (nSPS) is 11.5. The van der Waals surface area contributed by atoms with Crippen LogP contribution in [0.4, 0.5) is 5.82 Å². The molecule has 0 aromatic carbocycles. The standard InChI is InChI=1S/C12H15N3O2S2/c1-9-8-18-11(14-9)7-15(2)12-10(19(3,16)17)5-4-6-13-12/h4-6,8H,7H2,1-3H3. The molecule has 0 amide bonds. The molecule has 0 fully saturated rings. The van der Waals surface area contributed by atoms with Crippen LogP contribution >= 0.6 is 11.3 Å². The van der Waals surface area contributed by atoms with Crippen LogP contribution < -0.4 is 4.90 Å². The summed E-state index contributed by atoms with van der Waals surface area (Å²) in [6, 6.07) is 3.20. The van der Waals surface area contributed by atoms with Crippen LogP contribution in [-0.2, 0) is 16.4 Å². The Bertz CT molecular complexity index is 680. The number of pyridine rings is 1. The molecule has 0 N–H and O–H groups in total. The van der Waals surface area contributed by atoms with Crippen LogP contribution in [0.5, 0.6) is 0 Å². The first-order chi connectivity index (χ1) is 8.88. The van der Waals surface area contributed by atoms with Crippen LogP contribution in [0.1, 0.15) is 10.7 Å². The topological polar surface area (TPSA) is 63.2 Å². The molecular weight excluding hydrogens is 282 g/mol. The summed E-state index contributed by atoms with van der Waals surface area (Å²) in [4.78, 5) is 10.6. The van der Waals surface area contributed by atoms with Crippen LogP contribution in [0.15, 0.2) is 28.6 Å². The average Bonchev–Trinajstić information content (AvgIpc) is 2.73. The molecule has 19 heavy (non-hydrogen) atoms. The molecule has 0 unspecified atom stereocenters. The van der Waals surface area contributed by atoms with Crippen molar-refractivity contribution in [2.45, 2.75) is 18.4 Å². The van der Waals surface area contributed by atoms with Crippen molar-refractivity contribution in [3.63, 3.8) is 0 Å². The molecule has 0 aliphatic carbocycles. The van der Waals surface area contributed by atoms with Crippen molar-refractivity contribution in [1.82, 2.24) is 9.97 Å². The summed E-state index contributed by atoms with van der Waals surface area (Å²) in [6.07, 6.45) is 2.78. The molecule has 2 heterocycles. The van der Waals surface area contributed by atoms with E-state index in [9.17, 15) is 8.42 Å². The summed E-state index contributed by atoms with van der Waals surface area (Å²) in [5.41, 5.74) is 0.970. The number of hydrogen-bond acceptors (Lipinski definition) is 6. The number of sulfone groups is 1. The summed E-state index contributed by atoms with van der Waals surface area (Å²) in [6.45, 7) is 2.47. The summed E-state index contributed by atoms with van der Waals surface area (Å²) in [5, 5.41) is 2.91. The van der Waals surface area contributed by atoms with E-state index in [0.717, 1.165) is 10.7 Å². The molecule has 0 bridgehead atoms. The summed E-state index contributed by atoms with van der Waals surface area (Å²) < 4.78 is 23.5. The van der Waals surface area contributed by atoms with Gasteiger partial charge in [0.2, 0.25) is 0 Å². The minimum absolute atomic E-state index is 0.241. The quantitative estimate of drug-likeness (QED) is 0.862. The third-order valence-electron chi connectivity index (χ3n) is 2.55. The van der Waals surface area contributed by atoms with Crippen molar-refractivity contribution in [3.05, 3.63) is 34.4 Å². The fourth-order valence-electron chi connectivity index (χ4n) is 1.71. The highest BCUT2D eigenvalue weighted by Gasteiger charge is 2.17. The maximum absolute atomic E-state index is 11.7. The van der Waals surface area contributed by atoms with Gasteiger partial charge in [-0.25, -0.2) is 18.4 Å². The number of thiazole rings is 1. The van der Waals surface area contributed by atoms with E-state index in [1.54, 1.807) is 34.6 Å². The van der Waals surface area contributed by atoms with Crippen molar-refractivity contribution in [2.75, 3.05) is 18.2 Å². The number of aromatic nitrogens is 2. The zero-order valence-electron chi connectivity index (χ0n) is 11.0. The summed E-state index contributed by atoms with van der Waals surface area (Å²) in [5.74, 6) is 0.456. The van der Waals surface area contributed by atoms with E-state index in [0.29, 0.717) is 12.4 Å². The third-order valence-corrected chi connectivity index (χ3v) is 4.62. The van der Waals surface area contributed by atoms with Gasteiger partial charge in [0.25, 0.3) is 0 Å². The van der Waals surface area contributed by atoms with Gasteiger partial charge in [-0.2, -0.15) is 0 Å². The van der Waals surface area contributed by atoms with Crippen LogP contribution in [0.2, 0.25) is 0 Å². The highest BCUT2D eigenvalue weighted by Crippen LogP contribution is 2.23. The fraction of sp³-hybridized carbons (Fsp3) is 0.333. The first kappa shape index (κ1) is 14.0. The van der Waals surface area contributed by atoms with Gasteiger partial charge in [0.15, 0.2) is 9.84 Å². The average molecular weight is 297 g/mol. The monoisotopic (exact) mass is 297 g/mol. The van der Waals surface area contributed by atoms with Gasteiger partial charge >= 0.3 is 0 Å². The molecule has 7 heteroatoms. The molecule has 0 saturated heterocycles. The second-order valence-corrected chi connectivity index (χ2v) is 7.26. The Morgan fingerprint density at radius 3 is 2.74 bits per heavy atom. The number of hydrogen-bond donors (Lipinski definition) is 0. The number of nitrogens with zero attached hydrogens (tertiary/aromatic N) is 3. The molecule has 0 radical (unpaired) electrons. The Hall–Kier alpha value is -1.47. The molecule has 2 rings (SSSR count). The minimum atomic E-state index is -3.29. The van der Waals surface area contributed by atoms with Crippen LogP contribution in [0.25, 0.3) is 0 Å². The molecule has 2 aromatic rings. The molecular formula is C12H15N3O2S2. The van der Waals surface area contributed by atoms with Crippen molar-refractivity contribution in [1.29, 1.82) is 0 Å². The number of anilines is 1. The highest BCUT2D eigenvalue weighted by atomic mass is 32.2. The predicted molar refractivity (Wildman–Crippen MR) is 76.3 cm³/mol. The van der Waals surface area contributed by atoms with Gasteiger partial charge in [0, 0.05) is 30.6 Å². The molecule has 0 aliphatic rings. The van der Waals surface area contributed by atoms with Crippen LogP contribution in [0.3, 0.4) is 0 Å². The van der Waals surface area contributed by atoms with E-state index in [-0.39, 0.29) is 4.90 Å². The summed E-state index contributed by atoms with van der Waals surface area (Å²) in [7, 11) is -1.47. The van der Waals surface area contributed by atoms with Crippen LogP contribution in [0, 0.1) is 6.92 Å². The van der Waals surface area contributed by atoms with E-state index in [4.69, 9.17) is 0 Å². The Kier molecular flexibility index (Phi) is 3.86. The van der Waals surface area contributed by atoms with Gasteiger partial charge in [-0.3, -0.25) is 0 Å². The Balaban J connectivity index is 2.31. The van der Waals surface area contributed by atoms with E-state index in [1.807, 2.05) is 19.4 Å². The van der Waals surface area contributed by atoms with Gasteiger partial charge in [-0.05, 0) is 19.1 Å². The lowest BCUT2D eigenvalue weighted by Crippen LogP contribution is -2.20. The van der Waals surface area contributed by atoms with Gasteiger partial charge in [0.1, 0.15) is 15.7 Å². The smallest absolute Gasteiger partial charge is 0.179 e. The largest absolute Gasteiger partial charge is 0.352 e. The van der Waals surface area contributed by atoms with Crippen molar-refractivity contribution < 1.29 is 8.42 Å². The zero-order chi connectivity index (χ0) is 14.0. The highest BCUT2D eigenvalue weighted by molar-refractivity contribution is 7.90. The fourth-order valence-corrected chi connectivity index (χ4v) is 3.40. The first-order valence-corrected chi connectivity index (χ1v) is 8.42. The Morgan fingerprint density at radius 2 is 2.16 bits per heavy atom. The van der Waals surface area contributed by atoms with E-state index >= 15 is 0 Å². The molecule has 2 aromatic heterocycles. The number of rotatable bonds is 4. The van der Waals surface area contributed by atoms with E-state index in [2.05, 4.69) is 9.97 Å². The molecule has 102 valence electrons. The minimum Gasteiger partial charge on any atom is -0.352 e. The first-order valence-electron chi connectivity index (χ1n) is 5.65. The summed E-state index contributed by atoms with van der Waals surface area (Å²) >= 11 is 1.56. The van der Waals surface area contributed by atoms with E-state index < -0.39 is 9.84 Å². The van der Waals surface area contributed by atoms with Gasteiger partial charge in [0.05, 0.1) is 6.54 Å². The third kappa shape index (κ3) is 3.30. The second-order valence-electron chi connectivity index (χ2n) is 4.34. The Labute approximate surface area is 116 Å². The Morgan fingerprint density at radius 1 is 1.42 bits per heavy atom. The molecule has 0 atom stereocenters. The van der Waals surface area contributed by atoms with E-state index in [1.165, 1.54) is 6.26 Å². The SMILES string of the molecule is Cc1csc(CN(C)c2ncccc2S(C)(=O)=O)n1. The number of aryl methyl sites for hydroxylation is 1. The van der Waals surface area contributed by atoms with Crippen molar-refractivity contribution in [3.8, 4) is 0 Å². The zero-order valence-corrected chi connectivity index (χ0v) is 12.6. The van der Waals surface area contributed by atoms with Crippen molar-refractivity contribution >= 4 is 27.0 Å². The lowest BCUT2D eigenvalue weighted by atomic mass is 10.4. The second kappa shape index (κ2) is 5.26. The lowest BCUT2D eigenvalue weighted by molar-refractivity contribution is 0.601. The van der Waals surface area contributed by atoms with Gasteiger partial charge in [-0.15, -0.1) is 11.3 Å².